The van der Waals surface area contributed by atoms with Crippen LogP contribution in [0.5, 0.6) is 0 Å². The maximum atomic E-state index is 3.55. The SMILES string of the molecule is Brc1ccc(-c2c3c(c(-c4ccccc4)c4ccccc24)C=C[C+]=C3)cc1. The fourth-order valence-electron chi connectivity index (χ4n) is 3.91. The zero-order valence-electron chi connectivity index (χ0n) is 14.6. The fraction of sp³-hybridized carbons (Fsp3) is 0. The molecule has 0 heterocycles. The summed E-state index contributed by atoms with van der Waals surface area (Å²) in [4.78, 5) is 0. The van der Waals surface area contributed by atoms with Crippen molar-refractivity contribution >= 4 is 38.9 Å². The van der Waals surface area contributed by atoms with Crippen LogP contribution in [0.2, 0.25) is 0 Å². The molecular weight excluding hydrogens is 392 g/mol. The largest absolute Gasteiger partial charge is 0.111 e. The Hall–Kier alpha value is -2.99. The van der Waals surface area contributed by atoms with Crippen LogP contribution in [0.15, 0.2) is 89.4 Å². The molecule has 0 saturated carbocycles. The van der Waals surface area contributed by atoms with Crippen LogP contribution in [0.25, 0.3) is 45.2 Å². The number of hydrogen-bond acceptors (Lipinski definition) is 0. The van der Waals surface area contributed by atoms with Crippen molar-refractivity contribution < 1.29 is 0 Å². The van der Waals surface area contributed by atoms with Crippen molar-refractivity contribution in [3.05, 3.63) is 107 Å². The van der Waals surface area contributed by atoms with Gasteiger partial charge in [-0.2, -0.15) is 0 Å². The van der Waals surface area contributed by atoms with Crippen LogP contribution >= 0.6 is 15.9 Å². The number of halogens is 1. The minimum atomic E-state index is 1.09. The van der Waals surface area contributed by atoms with E-state index in [2.05, 4.69) is 113 Å². The second kappa shape index (κ2) is 6.63. The van der Waals surface area contributed by atoms with Gasteiger partial charge >= 0.3 is 0 Å². The third kappa shape index (κ3) is 2.73. The lowest BCUT2D eigenvalue weighted by molar-refractivity contribution is 1.55. The Morgan fingerprint density at radius 2 is 1.19 bits per heavy atom. The zero-order chi connectivity index (χ0) is 18.2. The Morgan fingerprint density at radius 1 is 0.593 bits per heavy atom. The van der Waals surface area contributed by atoms with Crippen molar-refractivity contribution in [2.45, 2.75) is 0 Å². The lowest BCUT2D eigenvalue weighted by Gasteiger charge is -2.16. The van der Waals surface area contributed by atoms with E-state index in [9.17, 15) is 0 Å². The predicted molar refractivity (Wildman–Crippen MR) is 119 cm³/mol. The summed E-state index contributed by atoms with van der Waals surface area (Å²) in [5.41, 5.74) is 7.51. The van der Waals surface area contributed by atoms with Crippen molar-refractivity contribution in [3.8, 4) is 22.3 Å². The monoisotopic (exact) mass is 407 g/mol. The molecule has 0 fully saturated rings. The highest BCUT2D eigenvalue weighted by Gasteiger charge is 2.25. The van der Waals surface area contributed by atoms with Gasteiger partial charge in [0.15, 0.2) is 0 Å². The molecule has 0 unspecified atom stereocenters. The Bertz CT molecular complexity index is 1200. The standard InChI is InChI=1S/C26H16Br/c27-20-16-14-19(15-17-20)26-23-12-6-4-10-21(23)25(18-8-2-1-3-9-18)22-11-5-7-13-24(22)26/h1-6,8-17H/q+1. The van der Waals surface area contributed by atoms with Gasteiger partial charge in [-0.1, -0.05) is 82.7 Å². The third-order valence-corrected chi connectivity index (χ3v) is 5.59. The average molecular weight is 408 g/mol. The highest BCUT2D eigenvalue weighted by Crippen LogP contribution is 2.44. The Kier molecular flexibility index (Phi) is 3.98. The molecular formula is C26H16Br+. The number of benzene rings is 4. The van der Waals surface area contributed by atoms with E-state index in [1.165, 1.54) is 44.2 Å². The van der Waals surface area contributed by atoms with Crippen LogP contribution in [-0.4, -0.2) is 0 Å². The van der Waals surface area contributed by atoms with Gasteiger partial charge in [0.05, 0.1) is 11.6 Å². The lowest BCUT2D eigenvalue weighted by atomic mass is 9.82. The molecule has 4 aromatic rings. The highest BCUT2D eigenvalue weighted by molar-refractivity contribution is 9.10. The van der Waals surface area contributed by atoms with Crippen LogP contribution in [0.4, 0.5) is 0 Å². The van der Waals surface area contributed by atoms with Crippen molar-refractivity contribution in [3.63, 3.8) is 0 Å². The van der Waals surface area contributed by atoms with Gasteiger partial charge in [-0.3, -0.25) is 0 Å². The van der Waals surface area contributed by atoms with E-state index in [1.807, 2.05) is 6.08 Å². The third-order valence-electron chi connectivity index (χ3n) is 5.06. The summed E-state index contributed by atoms with van der Waals surface area (Å²) in [5.74, 6) is 0. The number of rotatable bonds is 2. The smallest absolute Gasteiger partial charge is 0.0622 e. The van der Waals surface area contributed by atoms with E-state index in [0.717, 1.165) is 4.47 Å². The van der Waals surface area contributed by atoms with Gasteiger partial charge in [-0.15, -0.1) is 0 Å². The quantitative estimate of drug-likeness (QED) is 0.297. The number of fused-ring (bicyclic) bond motifs is 2. The molecule has 0 saturated heterocycles. The maximum Gasteiger partial charge on any atom is 0.111 e. The second-order valence-electron chi connectivity index (χ2n) is 6.64. The van der Waals surface area contributed by atoms with E-state index >= 15 is 0 Å². The summed E-state index contributed by atoms with van der Waals surface area (Å²) in [7, 11) is 0. The van der Waals surface area contributed by atoms with Crippen molar-refractivity contribution in [2.24, 2.45) is 0 Å². The van der Waals surface area contributed by atoms with Crippen LogP contribution < -0.4 is 0 Å². The molecule has 27 heavy (non-hydrogen) atoms. The van der Waals surface area contributed by atoms with Gasteiger partial charge in [0, 0.05) is 21.5 Å². The van der Waals surface area contributed by atoms with Gasteiger partial charge in [0.2, 0.25) is 0 Å². The highest BCUT2D eigenvalue weighted by atomic mass is 79.9. The lowest BCUT2D eigenvalue weighted by Crippen LogP contribution is -1.97. The fourth-order valence-corrected chi connectivity index (χ4v) is 4.17. The molecule has 0 aromatic heterocycles. The number of hydrogen-bond donors (Lipinski definition) is 0. The summed E-state index contributed by atoms with van der Waals surface area (Å²) in [6, 6.07) is 27.9. The molecule has 0 nitrogen and oxygen atoms in total. The second-order valence-corrected chi connectivity index (χ2v) is 7.56. The molecule has 0 N–H and O–H groups in total. The van der Waals surface area contributed by atoms with Crippen molar-refractivity contribution in [2.75, 3.05) is 0 Å². The molecule has 126 valence electrons. The topological polar surface area (TPSA) is 0 Å². The van der Waals surface area contributed by atoms with Gasteiger partial charge in [0.25, 0.3) is 0 Å². The molecule has 4 aromatic carbocycles. The van der Waals surface area contributed by atoms with Crippen LogP contribution in [0, 0.1) is 6.08 Å². The van der Waals surface area contributed by atoms with E-state index in [4.69, 9.17) is 0 Å². The van der Waals surface area contributed by atoms with E-state index < -0.39 is 0 Å². The first-order valence-corrected chi connectivity index (χ1v) is 9.78. The molecule has 0 atom stereocenters. The molecule has 0 amide bonds. The van der Waals surface area contributed by atoms with Crippen molar-refractivity contribution in [1.29, 1.82) is 0 Å². The van der Waals surface area contributed by atoms with E-state index in [0.29, 0.717) is 0 Å². The molecule has 0 radical (unpaired) electrons. The predicted octanol–water partition coefficient (Wildman–Crippen LogP) is 7.78. The van der Waals surface area contributed by atoms with Gasteiger partial charge in [-0.05, 0) is 28.6 Å². The zero-order valence-corrected chi connectivity index (χ0v) is 16.2. The van der Waals surface area contributed by atoms with Crippen LogP contribution in [0.3, 0.4) is 0 Å². The number of allylic oxidation sites excluding steroid dienone is 2. The summed E-state index contributed by atoms with van der Waals surface area (Å²) in [6.07, 6.45) is 9.60. The van der Waals surface area contributed by atoms with E-state index in [1.54, 1.807) is 0 Å². The summed E-state index contributed by atoms with van der Waals surface area (Å²) in [5, 5.41) is 2.55. The maximum absolute atomic E-state index is 3.55. The molecule has 1 heteroatoms. The van der Waals surface area contributed by atoms with Crippen LogP contribution in [0.1, 0.15) is 11.1 Å². The van der Waals surface area contributed by atoms with Gasteiger partial charge in [-0.25, -0.2) is 0 Å². The normalized spacial score (nSPS) is 12.0. The first-order chi connectivity index (χ1) is 13.3. The van der Waals surface area contributed by atoms with Crippen molar-refractivity contribution in [1.82, 2.24) is 0 Å². The van der Waals surface area contributed by atoms with E-state index in [-0.39, 0.29) is 0 Å². The molecule has 1 aliphatic rings. The minimum absolute atomic E-state index is 1.09. The molecule has 0 bridgehead atoms. The Labute approximate surface area is 167 Å². The molecule has 0 spiro atoms. The summed E-state index contributed by atoms with van der Waals surface area (Å²) in [6.45, 7) is 0. The van der Waals surface area contributed by atoms with Crippen LogP contribution in [-0.2, 0) is 0 Å². The molecule has 5 rings (SSSR count). The Balaban J connectivity index is 1.95. The summed E-state index contributed by atoms with van der Waals surface area (Å²) < 4.78 is 1.09. The minimum Gasteiger partial charge on any atom is -0.0622 e. The molecule has 1 aliphatic carbocycles. The molecule has 0 aliphatic heterocycles. The van der Waals surface area contributed by atoms with Gasteiger partial charge < -0.3 is 0 Å². The Morgan fingerprint density at radius 3 is 1.89 bits per heavy atom. The van der Waals surface area contributed by atoms with Gasteiger partial charge in [0.1, 0.15) is 23.3 Å². The summed E-state index contributed by atoms with van der Waals surface area (Å²) >= 11 is 3.55. The average Bonchev–Trinajstić information content (AvgIpc) is 2.73. The first-order valence-electron chi connectivity index (χ1n) is 8.99. The first kappa shape index (κ1) is 16.2.